The number of hydrogen-bond acceptors (Lipinski definition) is 2. The second kappa shape index (κ2) is 11.8. The summed E-state index contributed by atoms with van der Waals surface area (Å²) in [5, 5.41) is 9.58. The Kier molecular flexibility index (Phi) is 6.75. The van der Waals surface area contributed by atoms with Crippen molar-refractivity contribution in [2.24, 2.45) is 0 Å². The normalized spacial score (nSPS) is 14.9. The highest BCUT2D eigenvalue weighted by Gasteiger charge is 2.20. The third-order valence-corrected chi connectivity index (χ3v) is 10.3. The number of hydrogen-bond donors (Lipinski definition) is 0. The predicted molar refractivity (Wildman–Crippen MR) is 215 cm³/mol. The molecule has 0 radical (unpaired) electrons. The Hall–Kier alpha value is -6.64. The van der Waals surface area contributed by atoms with E-state index in [4.69, 9.17) is 9.15 Å². The number of ether oxygens (including phenoxy) is 1. The van der Waals surface area contributed by atoms with Crippen molar-refractivity contribution < 1.29 is 9.15 Å². The van der Waals surface area contributed by atoms with E-state index in [0.717, 1.165) is 50.0 Å². The maximum Gasteiger partial charge on any atom is 0.177 e. The molecule has 0 saturated carbocycles. The Morgan fingerprint density at radius 3 is 1.90 bits per heavy atom. The minimum atomic E-state index is 0.415. The predicted octanol–water partition coefficient (Wildman–Crippen LogP) is 13.4. The topological polar surface area (TPSA) is 22.4 Å². The highest BCUT2D eigenvalue weighted by atomic mass is 16.5. The molecule has 2 nitrogen and oxygen atoms in total. The third kappa shape index (κ3) is 4.72. The van der Waals surface area contributed by atoms with Crippen LogP contribution >= 0.6 is 0 Å². The van der Waals surface area contributed by atoms with Crippen LogP contribution in [0, 0.1) is 0 Å². The van der Waals surface area contributed by atoms with Crippen molar-refractivity contribution >= 4 is 65.4 Å². The summed E-state index contributed by atoms with van der Waals surface area (Å²) < 4.78 is 12.7. The van der Waals surface area contributed by atoms with Gasteiger partial charge in [0.25, 0.3) is 0 Å². The van der Waals surface area contributed by atoms with Crippen LogP contribution in [0.1, 0.15) is 11.1 Å². The first-order chi connectivity index (χ1) is 25.2. The minimum absolute atomic E-state index is 0.415. The van der Waals surface area contributed by atoms with Crippen molar-refractivity contribution in [1.82, 2.24) is 0 Å². The molecule has 10 rings (SSSR count). The molecule has 1 aliphatic heterocycles. The van der Waals surface area contributed by atoms with Gasteiger partial charge in [0.2, 0.25) is 0 Å². The molecular weight excluding hydrogens is 621 g/mol. The van der Waals surface area contributed by atoms with Crippen molar-refractivity contribution in [3.8, 4) is 28.0 Å². The molecule has 0 amide bonds. The number of furan rings is 1. The van der Waals surface area contributed by atoms with E-state index in [9.17, 15) is 0 Å². The summed E-state index contributed by atoms with van der Waals surface area (Å²) in [6, 6.07) is 54.3. The van der Waals surface area contributed by atoms with E-state index < -0.39 is 0 Å². The van der Waals surface area contributed by atoms with Gasteiger partial charge in [-0.3, -0.25) is 0 Å². The second-order valence-corrected chi connectivity index (χ2v) is 13.2. The fraction of sp³-hybridized carbons (Fsp3) is 0.0204. The monoisotopic (exact) mass is 652 g/mol. The first-order valence-corrected chi connectivity index (χ1v) is 17.4. The molecule has 0 aliphatic carbocycles. The van der Waals surface area contributed by atoms with E-state index in [1.54, 1.807) is 0 Å². The van der Waals surface area contributed by atoms with Crippen LogP contribution in [0.25, 0.3) is 87.7 Å². The van der Waals surface area contributed by atoms with E-state index in [2.05, 4.69) is 158 Å². The number of fused-ring (bicyclic) bond motifs is 8. The summed E-state index contributed by atoms with van der Waals surface area (Å²) >= 11 is 0. The molecule has 0 spiro atoms. The fourth-order valence-corrected chi connectivity index (χ4v) is 7.99. The van der Waals surface area contributed by atoms with Gasteiger partial charge in [-0.25, -0.2) is 0 Å². The van der Waals surface area contributed by atoms with Gasteiger partial charge in [-0.15, -0.1) is 0 Å². The molecule has 2 heterocycles. The molecule has 0 bridgehead atoms. The Morgan fingerprint density at radius 1 is 0.490 bits per heavy atom. The lowest BCUT2D eigenvalue weighted by atomic mass is 9.84. The molecule has 0 unspecified atom stereocenters. The van der Waals surface area contributed by atoms with Crippen LogP contribution in [0.5, 0.6) is 5.75 Å². The van der Waals surface area contributed by atoms with Gasteiger partial charge in [0, 0.05) is 16.3 Å². The van der Waals surface area contributed by atoms with Crippen molar-refractivity contribution in [2.45, 2.75) is 0 Å². The summed E-state index contributed by atoms with van der Waals surface area (Å²) in [5.41, 5.74) is 10.5. The van der Waals surface area contributed by atoms with E-state index in [1.807, 2.05) is 18.2 Å². The van der Waals surface area contributed by atoms with Crippen LogP contribution in [-0.2, 0) is 0 Å². The van der Waals surface area contributed by atoms with Gasteiger partial charge in [0.1, 0.15) is 12.2 Å². The minimum Gasteiger partial charge on any atom is -0.485 e. The summed E-state index contributed by atoms with van der Waals surface area (Å²) in [5.74, 6) is 0.730. The highest BCUT2D eigenvalue weighted by Crippen LogP contribution is 2.46. The van der Waals surface area contributed by atoms with Crippen LogP contribution in [0.15, 0.2) is 181 Å². The lowest BCUT2D eigenvalue weighted by molar-refractivity contribution is 0.361. The van der Waals surface area contributed by atoms with Crippen molar-refractivity contribution in [3.63, 3.8) is 0 Å². The van der Waals surface area contributed by atoms with Crippen LogP contribution in [0.2, 0.25) is 0 Å². The molecule has 0 N–H and O–H groups in total. The number of para-hydroxylation sites is 1. The Labute approximate surface area is 295 Å². The molecule has 0 saturated heterocycles. The van der Waals surface area contributed by atoms with Gasteiger partial charge >= 0.3 is 0 Å². The molecule has 1 aromatic heterocycles. The zero-order valence-electron chi connectivity index (χ0n) is 27.9. The molecule has 240 valence electrons. The van der Waals surface area contributed by atoms with Crippen molar-refractivity contribution in [2.75, 3.05) is 6.61 Å². The van der Waals surface area contributed by atoms with Crippen LogP contribution in [0.4, 0.5) is 0 Å². The molecule has 0 fully saturated rings. The zero-order valence-corrected chi connectivity index (χ0v) is 27.9. The maximum atomic E-state index is 6.40. The molecule has 9 aromatic rings. The highest BCUT2D eigenvalue weighted by molar-refractivity contribution is 6.23. The van der Waals surface area contributed by atoms with Gasteiger partial charge in [0.05, 0.1) is 0 Å². The lowest BCUT2D eigenvalue weighted by Crippen LogP contribution is -1.96. The Bertz CT molecular complexity index is 2870. The molecule has 8 aromatic carbocycles. The first-order valence-electron chi connectivity index (χ1n) is 17.4. The quantitative estimate of drug-likeness (QED) is 0.177. The molecule has 2 heteroatoms. The standard InChI is InChI=1S/C49H32O2/c1-31-29-33(17-12-28-50-48-36(31)26-27-44-38-19-8-9-25-45(38)51-49(44)48)34-15-10-16-35(30-34)46-40-20-4-6-22-42(40)47(43-23-7-5-21-41(43)46)39-24-11-14-32-13-2-3-18-37(32)39/h2-27,29-30H,1,28H2/b17-12-,33-29+. The average molecular weight is 653 g/mol. The Morgan fingerprint density at radius 2 is 1.12 bits per heavy atom. The fourth-order valence-electron chi connectivity index (χ4n) is 7.99. The van der Waals surface area contributed by atoms with Gasteiger partial charge < -0.3 is 9.15 Å². The second-order valence-electron chi connectivity index (χ2n) is 13.2. The summed E-state index contributed by atoms with van der Waals surface area (Å²) in [7, 11) is 0. The lowest BCUT2D eigenvalue weighted by Gasteiger charge is -2.19. The molecule has 0 atom stereocenters. The van der Waals surface area contributed by atoms with Gasteiger partial charge in [-0.05, 0) is 108 Å². The first kappa shape index (κ1) is 29.3. The Balaban J connectivity index is 1.14. The van der Waals surface area contributed by atoms with Gasteiger partial charge in [-0.1, -0.05) is 140 Å². The zero-order chi connectivity index (χ0) is 33.9. The van der Waals surface area contributed by atoms with E-state index in [1.165, 1.54) is 54.6 Å². The number of rotatable bonds is 3. The van der Waals surface area contributed by atoms with Crippen molar-refractivity contribution in [3.05, 3.63) is 188 Å². The summed E-state index contributed by atoms with van der Waals surface area (Å²) in [6.45, 7) is 4.94. The van der Waals surface area contributed by atoms with Crippen molar-refractivity contribution in [1.29, 1.82) is 0 Å². The third-order valence-electron chi connectivity index (χ3n) is 10.3. The maximum absolute atomic E-state index is 6.40. The largest absolute Gasteiger partial charge is 0.485 e. The van der Waals surface area contributed by atoms with Crippen LogP contribution < -0.4 is 4.74 Å². The number of allylic oxidation sites excluding steroid dienone is 4. The van der Waals surface area contributed by atoms with Gasteiger partial charge in [0.15, 0.2) is 11.3 Å². The van der Waals surface area contributed by atoms with Crippen LogP contribution in [-0.4, -0.2) is 6.61 Å². The van der Waals surface area contributed by atoms with E-state index in [0.29, 0.717) is 6.61 Å². The van der Waals surface area contributed by atoms with Crippen LogP contribution in [0.3, 0.4) is 0 Å². The van der Waals surface area contributed by atoms with E-state index >= 15 is 0 Å². The summed E-state index contributed by atoms with van der Waals surface area (Å²) in [4.78, 5) is 0. The molecule has 51 heavy (non-hydrogen) atoms. The van der Waals surface area contributed by atoms with E-state index in [-0.39, 0.29) is 0 Å². The summed E-state index contributed by atoms with van der Waals surface area (Å²) in [6.07, 6.45) is 6.38. The smallest absolute Gasteiger partial charge is 0.177 e. The van der Waals surface area contributed by atoms with Gasteiger partial charge in [-0.2, -0.15) is 0 Å². The average Bonchev–Trinajstić information content (AvgIpc) is 3.59. The molecular formula is C49H32O2. The number of benzene rings is 8. The SMILES string of the molecule is C=C1/C=C(c2cccc(-c3c4ccccc4c(-c4cccc5ccccc45)c4ccccc34)c2)\C=C/COc2c1ccc1c2oc2ccccc21. The molecule has 1 aliphatic rings.